The Morgan fingerprint density at radius 2 is 2.00 bits per heavy atom. The predicted molar refractivity (Wildman–Crippen MR) is 78.9 cm³/mol. The van der Waals surface area contributed by atoms with Crippen LogP contribution in [0.5, 0.6) is 0 Å². The summed E-state index contributed by atoms with van der Waals surface area (Å²) < 4.78 is 5.40. The number of halogens is 1. The van der Waals surface area contributed by atoms with Crippen molar-refractivity contribution >= 4 is 17.5 Å². The summed E-state index contributed by atoms with van der Waals surface area (Å²) in [5.41, 5.74) is 0.589. The summed E-state index contributed by atoms with van der Waals surface area (Å²) in [6.45, 7) is 0.474. The van der Waals surface area contributed by atoms with Crippen LogP contribution in [-0.2, 0) is 0 Å². The molecular formula is C15H17ClN2O2. The Morgan fingerprint density at radius 1 is 1.30 bits per heavy atom. The minimum Gasteiger partial charge on any atom is -0.468 e. The third-order valence-electron chi connectivity index (χ3n) is 3.06. The molecule has 1 amide bonds. The Kier molecular flexibility index (Phi) is 4.82. The highest BCUT2D eigenvalue weighted by Gasteiger charge is 2.18. The minimum atomic E-state index is -0.125. The van der Waals surface area contributed by atoms with E-state index in [0.717, 1.165) is 5.76 Å². The molecule has 0 bridgehead atoms. The van der Waals surface area contributed by atoms with Crippen molar-refractivity contribution in [2.75, 3.05) is 20.6 Å². The van der Waals surface area contributed by atoms with Gasteiger partial charge in [0.1, 0.15) is 5.76 Å². The molecule has 4 nitrogen and oxygen atoms in total. The van der Waals surface area contributed by atoms with Crippen LogP contribution in [-0.4, -0.2) is 31.4 Å². The number of carbonyl (C=O) groups is 1. The SMILES string of the molecule is CN(C)[C@@H](CNC(=O)c1ccc(Cl)cc1)c1ccco1. The van der Waals surface area contributed by atoms with Crippen LogP contribution in [0.4, 0.5) is 0 Å². The molecule has 0 saturated heterocycles. The zero-order valence-electron chi connectivity index (χ0n) is 11.5. The second-order valence-corrected chi connectivity index (χ2v) is 5.15. The first kappa shape index (κ1) is 14.6. The van der Waals surface area contributed by atoms with Gasteiger partial charge in [-0.25, -0.2) is 0 Å². The highest BCUT2D eigenvalue weighted by atomic mass is 35.5. The van der Waals surface area contributed by atoms with Crippen molar-refractivity contribution in [1.29, 1.82) is 0 Å². The highest BCUT2D eigenvalue weighted by molar-refractivity contribution is 6.30. The molecular weight excluding hydrogens is 276 g/mol. The maximum Gasteiger partial charge on any atom is 0.251 e. The molecule has 0 aliphatic carbocycles. The van der Waals surface area contributed by atoms with E-state index in [-0.39, 0.29) is 11.9 Å². The lowest BCUT2D eigenvalue weighted by Gasteiger charge is -2.22. The van der Waals surface area contributed by atoms with E-state index in [1.54, 1.807) is 30.5 Å². The van der Waals surface area contributed by atoms with Gasteiger partial charge < -0.3 is 9.73 Å². The molecule has 2 rings (SSSR count). The number of nitrogens with one attached hydrogen (secondary N) is 1. The van der Waals surface area contributed by atoms with Gasteiger partial charge in [0.2, 0.25) is 0 Å². The molecule has 1 aromatic heterocycles. The zero-order valence-corrected chi connectivity index (χ0v) is 12.2. The summed E-state index contributed by atoms with van der Waals surface area (Å²) in [7, 11) is 3.89. The number of rotatable bonds is 5. The summed E-state index contributed by atoms with van der Waals surface area (Å²) in [5.74, 6) is 0.700. The van der Waals surface area contributed by atoms with E-state index in [4.69, 9.17) is 16.0 Å². The van der Waals surface area contributed by atoms with Crippen molar-refractivity contribution in [1.82, 2.24) is 10.2 Å². The van der Waals surface area contributed by atoms with E-state index < -0.39 is 0 Å². The fourth-order valence-electron chi connectivity index (χ4n) is 1.91. The summed E-state index contributed by atoms with van der Waals surface area (Å²) in [6.07, 6.45) is 1.63. The Balaban J connectivity index is 1.99. The molecule has 0 spiro atoms. The van der Waals surface area contributed by atoms with Gasteiger partial charge in [-0.3, -0.25) is 9.69 Å². The molecule has 1 aromatic carbocycles. The van der Waals surface area contributed by atoms with Gasteiger partial charge in [-0.2, -0.15) is 0 Å². The van der Waals surface area contributed by atoms with E-state index in [2.05, 4.69) is 5.32 Å². The average molecular weight is 293 g/mol. The lowest BCUT2D eigenvalue weighted by molar-refractivity contribution is 0.0939. The Labute approximate surface area is 123 Å². The van der Waals surface area contributed by atoms with Gasteiger partial charge in [-0.15, -0.1) is 0 Å². The van der Waals surface area contributed by atoms with Crippen LogP contribution in [0.3, 0.4) is 0 Å². The van der Waals surface area contributed by atoms with Gasteiger partial charge in [0.05, 0.1) is 12.3 Å². The topological polar surface area (TPSA) is 45.5 Å². The monoisotopic (exact) mass is 292 g/mol. The van der Waals surface area contributed by atoms with E-state index in [1.807, 2.05) is 31.1 Å². The third-order valence-corrected chi connectivity index (χ3v) is 3.31. The number of carbonyl (C=O) groups excluding carboxylic acids is 1. The molecule has 2 aromatic rings. The van der Waals surface area contributed by atoms with Crippen molar-refractivity contribution < 1.29 is 9.21 Å². The number of benzene rings is 1. The standard InChI is InChI=1S/C15H17ClN2O2/c1-18(2)13(14-4-3-9-20-14)10-17-15(19)11-5-7-12(16)8-6-11/h3-9,13H,10H2,1-2H3,(H,17,19)/t13-/m0/s1. The van der Waals surface area contributed by atoms with Crippen LogP contribution in [0.15, 0.2) is 47.1 Å². The van der Waals surface area contributed by atoms with E-state index >= 15 is 0 Å². The fourth-order valence-corrected chi connectivity index (χ4v) is 2.04. The second kappa shape index (κ2) is 6.59. The number of furan rings is 1. The third kappa shape index (κ3) is 3.62. The smallest absolute Gasteiger partial charge is 0.251 e. The van der Waals surface area contributed by atoms with Crippen LogP contribution < -0.4 is 5.32 Å². The summed E-state index contributed by atoms with van der Waals surface area (Å²) in [4.78, 5) is 14.1. The Morgan fingerprint density at radius 3 is 2.55 bits per heavy atom. The van der Waals surface area contributed by atoms with Crippen molar-refractivity contribution in [3.63, 3.8) is 0 Å². The number of nitrogens with zero attached hydrogens (tertiary/aromatic N) is 1. The second-order valence-electron chi connectivity index (χ2n) is 4.71. The first-order valence-electron chi connectivity index (χ1n) is 6.31. The molecule has 1 N–H and O–H groups in total. The molecule has 1 heterocycles. The van der Waals surface area contributed by atoms with Crippen LogP contribution in [0.25, 0.3) is 0 Å². The Bertz CT molecular complexity index is 550. The first-order valence-corrected chi connectivity index (χ1v) is 6.69. The van der Waals surface area contributed by atoms with Gasteiger partial charge in [0, 0.05) is 17.1 Å². The van der Waals surface area contributed by atoms with Gasteiger partial charge in [0.25, 0.3) is 5.91 Å². The van der Waals surface area contributed by atoms with E-state index in [1.165, 1.54) is 0 Å². The molecule has 20 heavy (non-hydrogen) atoms. The Hall–Kier alpha value is -1.78. The number of hydrogen-bond acceptors (Lipinski definition) is 3. The van der Waals surface area contributed by atoms with E-state index in [9.17, 15) is 4.79 Å². The molecule has 0 unspecified atom stereocenters. The van der Waals surface area contributed by atoms with Crippen molar-refractivity contribution in [3.05, 3.63) is 59.0 Å². The number of amides is 1. The molecule has 0 radical (unpaired) electrons. The number of likely N-dealkylation sites (N-methyl/N-ethyl adjacent to an activating group) is 1. The van der Waals surface area contributed by atoms with Gasteiger partial charge in [0.15, 0.2) is 0 Å². The van der Waals surface area contributed by atoms with Crippen LogP contribution >= 0.6 is 11.6 Å². The molecule has 5 heteroatoms. The van der Waals surface area contributed by atoms with Gasteiger partial charge >= 0.3 is 0 Å². The van der Waals surface area contributed by atoms with Crippen LogP contribution in [0.2, 0.25) is 5.02 Å². The molecule has 0 aliphatic rings. The van der Waals surface area contributed by atoms with Crippen LogP contribution in [0, 0.1) is 0 Å². The normalized spacial score (nSPS) is 12.4. The van der Waals surface area contributed by atoms with Crippen molar-refractivity contribution in [2.45, 2.75) is 6.04 Å². The molecule has 0 aliphatic heterocycles. The lowest BCUT2D eigenvalue weighted by atomic mass is 10.2. The maximum absolute atomic E-state index is 12.0. The minimum absolute atomic E-state index is 0.00116. The summed E-state index contributed by atoms with van der Waals surface area (Å²) >= 11 is 5.80. The quantitative estimate of drug-likeness (QED) is 0.921. The van der Waals surface area contributed by atoms with E-state index in [0.29, 0.717) is 17.1 Å². The van der Waals surface area contributed by atoms with Gasteiger partial charge in [-0.1, -0.05) is 11.6 Å². The fraction of sp³-hybridized carbons (Fsp3) is 0.267. The van der Waals surface area contributed by atoms with Crippen LogP contribution in [0.1, 0.15) is 22.2 Å². The number of hydrogen-bond donors (Lipinski definition) is 1. The summed E-state index contributed by atoms with van der Waals surface area (Å²) in [5, 5.41) is 3.52. The molecule has 0 saturated carbocycles. The molecule has 106 valence electrons. The summed E-state index contributed by atoms with van der Waals surface area (Å²) in [6, 6.07) is 10.6. The largest absolute Gasteiger partial charge is 0.468 e. The van der Waals surface area contributed by atoms with Gasteiger partial charge in [-0.05, 0) is 50.5 Å². The first-order chi connectivity index (χ1) is 9.58. The average Bonchev–Trinajstić information content (AvgIpc) is 2.93. The lowest BCUT2D eigenvalue weighted by Crippen LogP contribution is -2.34. The maximum atomic E-state index is 12.0. The zero-order chi connectivity index (χ0) is 14.5. The van der Waals surface area contributed by atoms with Crippen molar-refractivity contribution in [3.8, 4) is 0 Å². The van der Waals surface area contributed by atoms with Crippen molar-refractivity contribution in [2.24, 2.45) is 0 Å². The molecule has 0 fully saturated rings. The predicted octanol–water partition coefficient (Wildman–Crippen LogP) is 2.97. The molecule has 1 atom stereocenters. The highest BCUT2D eigenvalue weighted by Crippen LogP contribution is 2.17.